The van der Waals surface area contributed by atoms with Crippen LogP contribution in [-0.2, 0) is 11.1 Å². The van der Waals surface area contributed by atoms with Crippen molar-refractivity contribution >= 4 is 20.2 Å². The molecule has 1 unspecified atom stereocenters. The molecule has 2 heterocycles. The average molecular weight is 248 g/mol. The molecule has 1 fully saturated rings. The van der Waals surface area contributed by atoms with Crippen molar-refractivity contribution in [1.29, 1.82) is 0 Å². The Bertz CT molecular complexity index is 390. The van der Waals surface area contributed by atoms with Gasteiger partial charge in [-0.2, -0.15) is 0 Å². The van der Waals surface area contributed by atoms with Crippen LogP contribution in [0.3, 0.4) is 0 Å². The first kappa shape index (κ1) is 13.3. The number of H-pyrrole nitrogens is 1. The number of nitrogens with zero attached hydrogens (tertiary/aromatic N) is 1. The zero-order chi connectivity index (χ0) is 12.8. The van der Waals surface area contributed by atoms with Crippen LogP contribution in [0.2, 0.25) is 0 Å². The van der Waals surface area contributed by atoms with Crippen molar-refractivity contribution < 1.29 is 9.68 Å². The molecular formula is C12H19BN3O2. The Morgan fingerprint density at radius 1 is 1.56 bits per heavy atom. The second kappa shape index (κ2) is 6.18. The van der Waals surface area contributed by atoms with Gasteiger partial charge in [0.25, 0.3) is 0 Å². The van der Waals surface area contributed by atoms with Gasteiger partial charge in [-0.15, -0.1) is 0 Å². The van der Waals surface area contributed by atoms with Crippen LogP contribution in [0.1, 0.15) is 24.8 Å². The molecule has 0 aromatic carbocycles. The second-order valence-corrected chi connectivity index (χ2v) is 4.69. The highest BCUT2D eigenvalue weighted by atomic mass is 16.5. The van der Waals surface area contributed by atoms with E-state index in [0.29, 0.717) is 6.61 Å². The van der Waals surface area contributed by atoms with Gasteiger partial charge in [0, 0.05) is 18.3 Å². The highest BCUT2D eigenvalue weighted by molar-refractivity contribution is 6.15. The summed E-state index contributed by atoms with van der Waals surface area (Å²) in [4.78, 5) is 7.03. The standard InChI is InChI=1S/C12H19BN3O2/c1-14-11-10(3-7-15-11)2-4-12(5-8-16-12)6-9-18-13-17/h3,7,15-17H,1-2,4-6,8-9H2. The molecule has 3 N–H and O–H groups in total. The summed E-state index contributed by atoms with van der Waals surface area (Å²) in [5.41, 5.74) is 1.35. The number of hydrogen-bond donors (Lipinski definition) is 3. The van der Waals surface area contributed by atoms with Crippen LogP contribution in [0.4, 0.5) is 5.82 Å². The highest BCUT2D eigenvalue weighted by Gasteiger charge is 2.35. The third-order valence-corrected chi connectivity index (χ3v) is 3.72. The van der Waals surface area contributed by atoms with Crippen molar-refractivity contribution in [2.24, 2.45) is 4.99 Å². The molecular weight excluding hydrogens is 229 g/mol. The van der Waals surface area contributed by atoms with E-state index in [4.69, 9.17) is 9.68 Å². The molecule has 2 rings (SSSR count). The first-order valence-electron chi connectivity index (χ1n) is 6.25. The molecule has 6 heteroatoms. The molecule has 1 aromatic heterocycles. The minimum Gasteiger partial charge on any atom is -0.429 e. The number of aryl methyl sites for hydroxylation is 1. The highest BCUT2D eigenvalue weighted by Crippen LogP contribution is 2.30. The van der Waals surface area contributed by atoms with Crippen molar-refractivity contribution in [3.63, 3.8) is 0 Å². The van der Waals surface area contributed by atoms with E-state index in [-0.39, 0.29) is 5.54 Å². The summed E-state index contributed by atoms with van der Waals surface area (Å²) < 4.78 is 4.90. The van der Waals surface area contributed by atoms with Gasteiger partial charge >= 0.3 is 7.69 Å². The summed E-state index contributed by atoms with van der Waals surface area (Å²) in [7, 11) is 0.762. The van der Waals surface area contributed by atoms with Crippen LogP contribution in [-0.4, -0.2) is 43.1 Å². The van der Waals surface area contributed by atoms with Gasteiger partial charge in [0.1, 0.15) is 5.82 Å². The maximum atomic E-state index is 8.51. The summed E-state index contributed by atoms with van der Waals surface area (Å²) in [5.74, 6) is 0.865. The fourth-order valence-electron chi connectivity index (χ4n) is 2.45. The van der Waals surface area contributed by atoms with Crippen LogP contribution in [0.25, 0.3) is 0 Å². The maximum absolute atomic E-state index is 8.51. The van der Waals surface area contributed by atoms with Crippen molar-refractivity contribution in [3.05, 3.63) is 17.8 Å². The quantitative estimate of drug-likeness (QED) is 0.364. The normalized spacial score (nSPS) is 22.5. The monoisotopic (exact) mass is 248 g/mol. The predicted molar refractivity (Wildman–Crippen MR) is 72.2 cm³/mol. The molecule has 1 aliphatic heterocycles. The Morgan fingerprint density at radius 3 is 3.00 bits per heavy atom. The first-order valence-corrected chi connectivity index (χ1v) is 6.25. The summed E-state index contributed by atoms with van der Waals surface area (Å²) in [6.45, 7) is 5.16. The van der Waals surface area contributed by atoms with Crippen LogP contribution in [0.15, 0.2) is 17.3 Å². The molecule has 0 amide bonds. The summed E-state index contributed by atoms with van der Waals surface area (Å²) >= 11 is 0. The van der Waals surface area contributed by atoms with Crippen molar-refractivity contribution in [3.8, 4) is 0 Å². The molecule has 18 heavy (non-hydrogen) atoms. The van der Waals surface area contributed by atoms with E-state index in [1.165, 1.54) is 5.56 Å². The molecule has 0 bridgehead atoms. The Balaban J connectivity index is 1.85. The molecule has 1 aromatic rings. The number of rotatable bonds is 8. The summed E-state index contributed by atoms with van der Waals surface area (Å²) in [6, 6.07) is 2.05. The SMILES string of the molecule is C=Nc1[nH]ccc1CCC1(CCO[B]O)CCN1. The Kier molecular flexibility index (Phi) is 4.57. The molecule has 1 saturated heterocycles. The largest absolute Gasteiger partial charge is 0.485 e. The van der Waals surface area contributed by atoms with Crippen molar-refractivity contribution in [1.82, 2.24) is 10.3 Å². The summed E-state index contributed by atoms with van der Waals surface area (Å²) in [6.07, 6.45) is 5.97. The van der Waals surface area contributed by atoms with Gasteiger partial charge in [-0.05, 0) is 50.6 Å². The second-order valence-electron chi connectivity index (χ2n) is 4.69. The smallest absolute Gasteiger partial charge is 0.429 e. The van der Waals surface area contributed by atoms with Crippen molar-refractivity contribution in [2.75, 3.05) is 13.2 Å². The third-order valence-electron chi connectivity index (χ3n) is 3.72. The molecule has 1 atom stereocenters. The molecule has 5 nitrogen and oxygen atoms in total. The Hall–Kier alpha value is -1.11. The Labute approximate surface area is 108 Å². The number of aromatic nitrogens is 1. The minimum absolute atomic E-state index is 0.152. The number of hydrogen-bond acceptors (Lipinski definition) is 4. The predicted octanol–water partition coefficient (Wildman–Crippen LogP) is 0.945. The van der Waals surface area contributed by atoms with Crippen molar-refractivity contribution in [2.45, 2.75) is 31.2 Å². The van der Waals surface area contributed by atoms with Crippen LogP contribution < -0.4 is 5.32 Å². The van der Waals surface area contributed by atoms with E-state index in [1.54, 1.807) is 0 Å². The molecule has 0 aliphatic carbocycles. The van der Waals surface area contributed by atoms with Gasteiger partial charge in [-0.3, -0.25) is 0 Å². The topological polar surface area (TPSA) is 69.6 Å². The van der Waals surface area contributed by atoms with Gasteiger partial charge in [-0.25, -0.2) is 4.99 Å². The van der Waals surface area contributed by atoms with E-state index >= 15 is 0 Å². The van der Waals surface area contributed by atoms with Crippen LogP contribution >= 0.6 is 0 Å². The third kappa shape index (κ3) is 3.01. The lowest BCUT2D eigenvalue weighted by Gasteiger charge is -2.43. The molecule has 0 spiro atoms. The van der Waals surface area contributed by atoms with E-state index in [9.17, 15) is 0 Å². The van der Waals surface area contributed by atoms with E-state index in [0.717, 1.165) is 45.7 Å². The average Bonchev–Trinajstić information content (AvgIpc) is 2.79. The van der Waals surface area contributed by atoms with E-state index < -0.39 is 0 Å². The lowest BCUT2D eigenvalue weighted by atomic mass is 9.80. The number of nitrogens with one attached hydrogen (secondary N) is 2. The van der Waals surface area contributed by atoms with E-state index in [1.807, 2.05) is 12.3 Å². The number of aliphatic imine (C=N–C) groups is 1. The lowest BCUT2D eigenvalue weighted by molar-refractivity contribution is 0.139. The maximum Gasteiger partial charge on any atom is 0.485 e. The summed E-state index contributed by atoms with van der Waals surface area (Å²) in [5, 5.41) is 12.0. The molecule has 97 valence electrons. The molecule has 1 aliphatic rings. The van der Waals surface area contributed by atoms with Gasteiger partial charge in [0.05, 0.1) is 0 Å². The van der Waals surface area contributed by atoms with E-state index in [2.05, 4.69) is 22.0 Å². The molecule has 0 saturated carbocycles. The zero-order valence-corrected chi connectivity index (χ0v) is 10.5. The van der Waals surface area contributed by atoms with Gasteiger partial charge < -0.3 is 20.0 Å². The van der Waals surface area contributed by atoms with Crippen LogP contribution in [0.5, 0.6) is 0 Å². The fraction of sp³-hybridized carbons (Fsp3) is 0.583. The van der Waals surface area contributed by atoms with Crippen LogP contribution in [0, 0.1) is 0 Å². The minimum atomic E-state index is 0.152. The molecule has 1 radical (unpaired) electrons. The fourth-order valence-corrected chi connectivity index (χ4v) is 2.45. The van der Waals surface area contributed by atoms with Gasteiger partial charge in [-0.1, -0.05) is 0 Å². The van der Waals surface area contributed by atoms with Gasteiger partial charge in [0.2, 0.25) is 0 Å². The first-order chi connectivity index (χ1) is 8.79. The van der Waals surface area contributed by atoms with Gasteiger partial charge in [0.15, 0.2) is 0 Å². The zero-order valence-electron chi connectivity index (χ0n) is 10.5. The lowest BCUT2D eigenvalue weighted by Crippen LogP contribution is -2.57. The number of aromatic amines is 1. The Morgan fingerprint density at radius 2 is 2.39 bits per heavy atom.